The van der Waals surface area contributed by atoms with Gasteiger partial charge < -0.3 is 28.3 Å². The molecule has 208 valence electrons. The fourth-order valence-corrected chi connectivity index (χ4v) is 4.49. The second-order valence-electron chi connectivity index (χ2n) is 8.51. The molecule has 0 spiro atoms. The Morgan fingerprint density at radius 2 is 1.80 bits per heavy atom. The average Bonchev–Trinajstić information content (AvgIpc) is 3.55. The maximum Gasteiger partial charge on any atom is 0.341 e. The lowest BCUT2D eigenvalue weighted by Gasteiger charge is -2.13. The van der Waals surface area contributed by atoms with Crippen molar-refractivity contribution in [1.82, 2.24) is 9.99 Å². The molecule has 4 rings (SSSR count). The van der Waals surface area contributed by atoms with Gasteiger partial charge in [0, 0.05) is 27.1 Å². The molecule has 0 fully saturated rings. The first-order valence-electron chi connectivity index (χ1n) is 11.9. The Kier molecular flexibility index (Phi) is 9.18. The van der Waals surface area contributed by atoms with E-state index >= 15 is 0 Å². The van der Waals surface area contributed by atoms with E-state index in [1.54, 1.807) is 6.07 Å². The summed E-state index contributed by atoms with van der Waals surface area (Å²) in [5.74, 6) is -0.294. The van der Waals surface area contributed by atoms with Crippen LogP contribution in [0.2, 0.25) is 5.02 Å². The van der Waals surface area contributed by atoms with Crippen molar-refractivity contribution in [3.05, 3.63) is 92.6 Å². The lowest BCUT2D eigenvalue weighted by molar-refractivity contribution is -0.139. The number of halogens is 2. The van der Waals surface area contributed by atoms with Gasteiger partial charge in [0.15, 0.2) is 23.9 Å². The Balaban J connectivity index is 1.35. The molecule has 0 aliphatic carbocycles. The molecule has 0 radical (unpaired) electrons. The lowest BCUT2D eigenvalue weighted by Crippen LogP contribution is -2.17. The number of ether oxygens (including phenoxy) is 3. The molecule has 0 atom stereocenters. The van der Waals surface area contributed by atoms with Gasteiger partial charge in [0.25, 0.3) is 0 Å². The van der Waals surface area contributed by atoms with Gasteiger partial charge in [-0.05, 0) is 84.4 Å². The van der Waals surface area contributed by atoms with Gasteiger partial charge in [-0.25, -0.2) is 10.2 Å². The fourth-order valence-electron chi connectivity index (χ4n) is 3.83. The van der Waals surface area contributed by atoms with E-state index in [0.29, 0.717) is 21.5 Å². The molecule has 1 amide bonds. The minimum absolute atomic E-state index is 0.0525. The third kappa shape index (κ3) is 6.67. The number of amides is 1. The van der Waals surface area contributed by atoms with Crippen molar-refractivity contribution in [2.75, 3.05) is 13.7 Å². The van der Waals surface area contributed by atoms with Crippen molar-refractivity contribution in [1.29, 1.82) is 0 Å². The Morgan fingerprint density at radius 1 is 1.10 bits per heavy atom. The maximum atomic E-state index is 12.5. The Labute approximate surface area is 243 Å². The maximum absolute atomic E-state index is 12.5. The first kappa shape index (κ1) is 28.8. The van der Waals surface area contributed by atoms with Crippen LogP contribution in [0.25, 0.3) is 5.69 Å². The molecule has 0 unspecified atom stereocenters. The summed E-state index contributed by atoms with van der Waals surface area (Å²) in [5, 5.41) is 12.9. The Morgan fingerprint density at radius 3 is 2.45 bits per heavy atom. The van der Waals surface area contributed by atoms with Crippen LogP contribution in [-0.2, 0) is 11.4 Å². The molecule has 2 heterocycles. The van der Waals surface area contributed by atoms with E-state index in [-0.39, 0.29) is 28.9 Å². The van der Waals surface area contributed by atoms with Gasteiger partial charge in [-0.3, -0.25) is 4.79 Å². The molecule has 10 nitrogen and oxygen atoms in total. The second kappa shape index (κ2) is 12.8. The summed E-state index contributed by atoms with van der Waals surface area (Å²) >= 11 is 9.62. The van der Waals surface area contributed by atoms with E-state index < -0.39 is 18.5 Å². The van der Waals surface area contributed by atoms with Crippen LogP contribution in [0.5, 0.6) is 17.2 Å². The summed E-state index contributed by atoms with van der Waals surface area (Å²) in [6, 6.07) is 16.6. The van der Waals surface area contributed by atoms with E-state index in [1.165, 1.54) is 25.5 Å². The van der Waals surface area contributed by atoms with Gasteiger partial charge in [-0.15, -0.1) is 0 Å². The number of carboxylic acids is 1. The van der Waals surface area contributed by atoms with Crippen LogP contribution in [0.4, 0.5) is 0 Å². The van der Waals surface area contributed by atoms with Gasteiger partial charge in [-0.2, -0.15) is 5.10 Å². The molecule has 0 saturated heterocycles. The van der Waals surface area contributed by atoms with Crippen LogP contribution >= 0.6 is 27.5 Å². The summed E-state index contributed by atoms with van der Waals surface area (Å²) in [5.41, 5.74) is 6.17. The van der Waals surface area contributed by atoms with E-state index in [0.717, 1.165) is 17.1 Å². The zero-order valence-corrected chi connectivity index (χ0v) is 24.1. The van der Waals surface area contributed by atoms with Crippen molar-refractivity contribution in [2.24, 2.45) is 5.10 Å². The van der Waals surface area contributed by atoms with Crippen LogP contribution in [0, 0.1) is 13.8 Å². The number of furan rings is 1. The largest absolute Gasteiger partial charge is 0.493 e. The Hall–Kier alpha value is -4.22. The molecule has 0 bridgehead atoms. The van der Waals surface area contributed by atoms with E-state index in [1.807, 2.05) is 24.3 Å². The molecule has 0 saturated carbocycles. The smallest absolute Gasteiger partial charge is 0.341 e. The number of rotatable bonds is 11. The molecule has 4 aromatic rings. The van der Waals surface area contributed by atoms with Crippen molar-refractivity contribution in [3.8, 4) is 22.9 Å². The molecular weight excluding hydrogens is 606 g/mol. The van der Waals surface area contributed by atoms with Crippen LogP contribution in [0.1, 0.15) is 33.3 Å². The summed E-state index contributed by atoms with van der Waals surface area (Å²) in [6.07, 6.45) is 1.34. The highest BCUT2D eigenvalue weighted by Crippen LogP contribution is 2.42. The zero-order chi connectivity index (χ0) is 28.8. The molecule has 40 heavy (non-hydrogen) atoms. The van der Waals surface area contributed by atoms with E-state index in [9.17, 15) is 9.59 Å². The highest BCUT2D eigenvalue weighted by molar-refractivity contribution is 9.10. The third-order valence-corrected chi connectivity index (χ3v) is 7.16. The molecule has 2 N–H and O–H groups in total. The number of hydrazone groups is 1. The summed E-state index contributed by atoms with van der Waals surface area (Å²) in [7, 11) is 1.38. The third-order valence-electron chi connectivity index (χ3n) is 5.72. The predicted octanol–water partition coefficient (Wildman–Crippen LogP) is 5.92. The van der Waals surface area contributed by atoms with E-state index in [4.69, 9.17) is 35.3 Å². The highest BCUT2D eigenvalue weighted by Gasteiger charge is 2.18. The van der Waals surface area contributed by atoms with Crippen LogP contribution in [0.3, 0.4) is 0 Å². The molecule has 2 aromatic heterocycles. The Bertz CT molecular complexity index is 1540. The monoisotopic (exact) mass is 629 g/mol. The number of aryl methyl sites for hydroxylation is 2. The van der Waals surface area contributed by atoms with Crippen LogP contribution in [0.15, 0.2) is 68.6 Å². The number of carboxylic acid groups (broad SMARTS) is 1. The normalized spacial score (nSPS) is 11.0. The quantitative estimate of drug-likeness (QED) is 0.156. The van der Waals surface area contributed by atoms with Crippen molar-refractivity contribution in [3.63, 3.8) is 0 Å². The number of hydrogen-bond acceptors (Lipinski definition) is 7. The van der Waals surface area contributed by atoms with Crippen molar-refractivity contribution >= 4 is 45.6 Å². The van der Waals surface area contributed by atoms with Gasteiger partial charge in [-0.1, -0.05) is 11.6 Å². The summed E-state index contributed by atoms with van der Waals surface area (Å²) in [4.78, 5) is 23.3. The van der Waals surface area contributed by atoms with Crippen molar-refractivity contribution in [2.45, 2.75) is 20.5 Å². The van der Waals surface area contributed by atoms with Gasteiger partial charge in [0.05, 0.1) is 13.3 Å². The van der Waals surface area contributed by atoms with Crippen LogP contribution in [-0.4, -0.2) is 41.5 Å². The fraction of sp³-hybridized carbons (Fsp3) is 0.179. The van der Waals surface area contributed by atoms with Gasteiger partial charge >= 0.3 is 11.9 Å². The zero-order valence-electron chi connectivity index (χ0n) is 21.7. The number of benzene rings is 2. The van der Waals surface area contributed by atoms with Gasteiger partial charge in [0.1, 0.15) is 23.1 Å². The molecule has 0 aliphatic rings. The lowest BCUT2D eigenvalue weighted by atomic mass is 10.2. The number of hydrogen-bond donors (Lipinski definition) is 2. The number of carbonyl (C=O) groups is 2. The number of carbonyl (C=O) groups excluding carboxylic acids is 1. The predicted molar refractivity (Wildman–Crippen MR) is 152 cm³/mol. The summed E-state index contributed by atoms with van der Waals surface area (Å²) < 4.78 is 24.4. The van der Waals surface area contributed by atoms with Crippen LogP contribution < -0.4 is 19.6 Å². The number of methoxy groups -OCH3 is 1. The molecule has 0 aliphatic heterocycles. The standard InChI is InChI=1S/C28H25BrClN3O7/c1-16-4-5-17(2)33(16)19-6-8-20(9-7-19)38-14-21-10-11-22(40-21)28(36)32-31-13-18-12-23(37-3)27(26(30)25(18)29)39-15-24(34)35/h4-13H,14-15H2,1-3H3,(H,32,36)(H,34,35)/b31-13+. The second-order valence-corrected chi connectivity index (χ2v) is 9.68. The molecular formula is C28H25BrClN3O7. The highest BCUT2D eigenvalue weighted by atomic mass is 79.9. The topological polar surface area (TPSA) is 125 Å². The first-order valence-corrected chi connectivity index (χ1v) is 13.1. The average molecular weight is 631 g/mol. The minimum Gasteiger partial charge on any atom is -0.493 e. The number of aromatic nitrogens is 1. The van der Waals surface area contributed by atoms with Crippen molar-refractivity contribution < 1.29 is 33.3 Å². The number of aliphatic carboxylic acids is 1. The SMILES string of the molecule is COc1cc(/C=N/NC(=O)c2ccc(COc3ccc(-n4c(C)ccc4C)cc3)o2)c(Br)c(Cl)c1OCC(=O)O. The molecule has 2 aromatic carbocycles. The number of nitrogens with one attached hydrogen (secondary N) is 1. The molecule has 12 heteroatoms. The first-order chi connectivity index (χ1) is 19.2. The minimum atomic E-state index is -1.16. The van der Waals surface area contributed by atoms with Gasteiger partial charge in [0.2, 0.25) is 0 Å². The number of nitrogens with zero attached hydrogens (tertiary/aromatic N) is 2. The van der Waals surface area contributed by atoms with E-state index in [2.05, 4.69) is 57.0 Å². The summed E-state index contributed by atoms with van der Waals surface area (Å²) in [6.45, 7) is 3.65.